The SMILES string of the molecule is CCOc1ccc(B2OCCO2)cc1C. The van der Waals surface area contributed by atoms with Crippen LogP contribution < -0.4 is 10.2 Å². The van der Waals surface area contributed by atoms with E-state index in [0.717, 1.165) is 16.8 Å². The largest absolute Gasteiger partial charge is 0.494 e. The highest BCUT2D eigenvalue weighted by Crippen LogP contribution is 2.16. The van der Waals surface area contributed by atoms with Gasteiger partial charge in [0.25, 0.3) is 0 Å². The summed E-state index contributed by atoms with van der Waals surface area (Å²) in [5, 5.41) is 0. The molecule has 0 amide bonds. The van der Waals surface area contributed by atoms with Crippen LogP contribution in [0.2, 0.25) is 0 Å². The van der Waals surface area contributed by atoms with Crippen molar-refractivity contribution in [3.8, 4) is 5.75 Å². The Morgan fingerprint density at radius 1 is 1.33 bits per heavy atom. The number of rotatable bonds is 3. The number of benzene rings is 1. The number of ether oxygens (including phenoxy) is 1. The zero-order valence-electron chi connectivity index (χ0n) is 9.16. The highest BCUT2D eigenvalue weighted by atomic mass is 16.6. The molecule has 0 bridgehead atoms. The lowest BCUT2D eigenvalue weighted by molar-refractivity contribution is 0.338. The van der Waals surface area contributed by atoms with Gasteiger partial charge in [0.15, 0.2) is 0 Å². The fraction of sp³-hybridized carbons (Fsp3) is 0.455. The van der Waals surface area contributed by atoms with Crippen molar-refractivity contribution in [1.29, 1.82) is 0 Å². The standard InChI is InChI=1S/C11H15BO3/c1-3-13-11-5-4-10(8-9(11)2)12-14-6-7-15-12/h4-5,8H,3,6-7H2,1-2H3. The first-order chi connectivity index (χ1) is 7.31. The minimum atomic E-state index is -0.195. The summed E-state index contributed by atoms with van der Waals surface area (Å²) in [6.07, 6.45) is 0. The highest BCUT2D eigenvalue weighted by molar-refractivity contribution is 6.61. The summed E-state index contributed by atoms with van der Waals surface area (Å²) >= 11 is 0. The predicted molar refractivity (Wildman–Crippen MR) is 59.6 cm³/mol. The van der Waals surface area contributed by atoms with E-state index in [2.05, 4.69) is 6.07 Å². The second kappa shape index (κ2) is 4.68. The molecule has 0 N–H and O–H groups in total. The molecule has 1 aliphatic rings. The van der Waals surface area contributed by atoms with Crippen molar-refractivity contribution in [1.82, 2.24) is 0 Å². The maximum absolute atomic E-state index is 5.47. The molecule has 3 nitrogen and oxygen atoms in total. The number of hydrogen-bond acceptors (Lipinski definition) is 3. The minimum absolute atomic E-state index is 0.195. The van der Waals surface area contributed by atoms with Gasteiger partial charge in [0.2, 0.25) is 0 Å². The van der Waals surface area contributed by atoms with Gasteiger partial charge < -0.3 is 14.0 Å². The molecule has 1 heterocycles. The molecule has 15 heavy (non-hydrogen) atoms. The van der Waals surface area contributed by atoms with Gasteiger partial charge in [-0.25, -0.2) is 0 Å². The average molecular weight is 206 g/mol. The fourth-order valence-electron chi connectivity index (χ4n) is 1.69. The van der Waals surface area contributed by atoms with E-state index in [0.29, 0.717) is 19.8 Å². The molecule has 0 aliphatic carbocycles. The van der Waals surface area contributed by atoms with Crippen LogP contribution in [-0.2, 0) is 9.31 Å². The zero-order valence-corrected chi connectivity index (χ0v) is 9.16. The van der Waals surface area contributed by atoms with Gasteiger partial charge in [-0.3, -0.25) is 0 Å². The third-order valence-corrected chi connectivity index (χ3v) is 2.39. The van der Waals surface area contributed by atoms with Crippen LogP contribution in [0.5, 0.6) is 5.75 Å². The summed E-state index contributed by atoms with van der Waals surface area (Å²) in [7, 11) is -0.195. The van der Waals surface area contributed by atoms with Crippen LogP contribution in [0.15, 0.2) is 18.2 Å². The zero-order chi connectivity index (χ0) is 10.7. The van der Waals surface area contributed by atoms with Crippen molar-refractivity contribution >= 4 is 12.6 Å². The van der Waals surface area contributed by atoms with Crippen molar-refractivity contribution in [3.05, 3.63) is 23.8 Å². The van der Waals surface area contributed by atoms with Gasteiger partial charge in [0.05, 0.1) is 19.8 Å². The summed E-state index contributed by atoms with van der Waals surface area (Å²) in [5.74, 6) is 0.930. The third-order valence-electron chi connectivity index (χ3n) is 2.39. The molecule has 1 aromatic rings. The van der Waals surface area contributed by atoms with Gasteiger partial charge in [-0.2, -0.15) is 0 Å². The van der Waals surface area contributed by atoms with E-state index in [-0.39, 0.29) is 7.12 Å². The van der Waals surface area contributed by atoms with E-state index in [4.69, 9.17) is 14.0 Å². The topological polar surface area (TPSA) is 27.7 Å². The Morgan fingerprint density at radius 3 is 2.67 bits per heavy atom. The predicted octanol–water partition coefficient (Wildman–Crippen LogP) is 1.14. The van der Waals surface area contributed by atoms with Crippen LogP contribution in [0, 0.1) is 6.92 Å². The summed E-state index contributed by atoms with van der Waals surface area (Å²) in [5.41, 5.74) is 2.18. The summed E-state index contributed by atoms with van der Waals surface area (Å²) in [4.78, 5) is 0. The van der Waals surface area contributed by atoms with E-state index in [9.17, 15) is 0 Å². The van der Waals surface area contributed by atoms with Crippen molar-refractivity contribution in [2.45, 2.75) is 13.8 Å². The number of aryl methyl sites for hydroxylation is 1. The van der Waals surface area contributed by atoms with Crippen molar-refractivity contribution in [3.63, 3.8) is 0 Å². The van der Waals surface area contributed by atoms with E-state index >= 15 is 0 Å². The Kier molecular flexibility index (Phi) is 3.28. The smallest absolute Gasteiger partial charge is 0.494 e. The van der Waals surface area contributed by atoms with Crippen LogP contribution in [0.1, 0.15) is 12.5 Å². The molecule has 0 unspecified atom stereocenters. The van der Waals surface area contributed by atoms with Gasteiger partial charge in [-0.05, 0) is 30.9 Å². The summed E-state index contributed by atoms with van der Waals surface area (Å²) in [6, 6.07) is 6.02. The molecule has 1 fully saturated rings. The first kappa shape index (κ1) is 10.5. The van der Waals surface area contributed by atoms with E-state index < -0.39 is 0 Å². The van der Waals surface area contributed by atoms with E-state index in [1.807, 2.05) is 26.0 Å². The second-order valence-electron chi connectivity index (χ2n) is 3.53. The Balaban J connectivity index is 2.16. The second-order valence-corrected chi connectivity index (χ2v) is 3.53. The van der Waals surface area contributed by atoms with Gasteiger partial charge >= 0.3 is 7.12 Å². The molecule has 80 valence electrons. The van der Waals surface area contributed by atoms with Gasteiger partial charge in [0, 0.05) is 0 Å². The van der Waals surface area contributed by atoms with Gasteiger partial charge in [-0.1, -0.05) is 12.1 Å². The number of hydrogen-bond donors (Lipinski definition) is 0. The van der Waals surface area contributed by atoms with Crippen LogP contribution in [0.3, 0.4) is 0 Å². The Bertz CT molecular complexity index is 335. The lowest BCUT2D eigenvalue weighted by atomic mass is 9.79. The molecular weight excluding hydrogens is 191 g/mol. The molecule has 1 aromatic carbocycles. The summed E-state index contributed by atoms with van der Waals surface area (Å²) < 4.78 is 16.3. The van der Waals surface area contributed by atoms with E-state index in [1.165, 1.54) is 0 Å². The first-order valence-electron chi connectivity index (χ1n) is 5.28. The fourth-order valence-corrected chi connectivity index (χ4v) is 1.69. The van der Waals surface area contributed by atoms with Crippen LogP contribution >= 0.6 is 0 Å². The normalized spacial score (nSPS) is 15.7. The monoisotopic (exact) mass is 206 g/mol. The first-order valence-corrected chi connectivity index (χ1v) is 5.28. The molecule has 0 radical (unpaired) electrons. The molecule has 0 aromatic heterocycles. The average Bonchev–Trinajstić information content (AvgIpc) is 2.74. The molecule has 0 saturated carbocycles. The van der Waals surface area contributed by atoms with Crippen molar-refractivity contribution in [2.24, 2.45) is 0 Å². The Morgan fingerprint density at radius 2 is 2.07 bits per heavy atom. The molecule has 1 aliphatic heterocycles. The maximum Gasteiger partial charge on any atom is 0.494 e. The maximum atomic E-state index is 5.47. The highest BCUT2D eigenvalue weighted by Gasteiger charge is 2.26. The van der Waals surface area contributed by atoms with Gasteiger partial charge in [-0.15, -0.1) is 0 Å². The minimum Gasteiger partial charge on any atom is -0.494 e. The summed E-state index contributed by atoms with van der Waals surface area (Å²) in [6.45, 7) is 6.06. The molecule has 0 spiro atoms. The molecular formula is C11H15BO3. The van der Waals surface area contributed by atoms with Crippen LogP contribution in [0.25, 0.3) is 0 Å². The molecule has 0 atom stereocenters. The lowest BCUT2D eigenvalue weighted by Gasteiger charge is -2.10. The van der Waals surface area contributed by atoms with Crippen molar-refractivity contribution in [2.75, 3.05) is 19.8 Å². The molecule has 4 heteroatoms. The molecule has 2 rings (SSSR count). The molecule has 1 saturated heterocycles. The van der Waals surface area contributed by atoms with Crippen LogP contribution in [-0.4, -0.2) is 26.9 Å². The Labute approximate surface area is 90.5 Å². The Hall–Kier alpha value is -0.995. The van der Waals surface area contributed by atoms with Gasteiger partial charge in [0.1, 0.15) is 5.75 Å². The van der Waals surface area contributed by atoms with Crippen molar-refractivity contribution < 1.29 is 14.0 Å². The van der Waals surface area contributed by atoms with Crippen LogP contribution in [0.4, 0.5) is 0 Å². The van der Waals surface area contributed by atoms with E-state index in [1.54, 1.807) is 0 Å². The third kappa shape index (κ3) is 2.33. The quantitative estimate of drug-likeness (QED) is 0.694. The lowest BCUT2D eigenvalue weighted by Crippen LogP contribution is -2.31.